The molecule has 2 rings (SSSR count). The van der Waals surface area contributed by atoms with Gasteiger partial charge in [-0.1, -0.05) is 20.3 Å². The summed E-state index contributed by atoms with van der Waals surface area (Å²) in [5, 5.41) is 0. The van der Waals surface area contributed by atoms with Gasteiger partial charge in [-0.05, 0) is 49.4 Å². The molecule has 2 fully saturated rings. The Morgan fingerprint density at radius 1 is 1.00 bits per heavy atom. The van der Waals surface area contributed by atoms with E-state index < -0.39 is 0 Å². The Morgan fingerprint density at radius 3 is 2.08 bits per heavy atom. The van der Waals surface area contributed by atoms with Gasteiger partial charge in [0.2, 0.25) is 0 Å². The first-order valence-corrected chi connectivity index (χ1v) is 5.80. The summed E-state index contributed by atoms with van der Waals surface area (Å²) in [6, 6.07) is 0.517. The van der Waals surface area contributed by atoms with Crippen LogP contribution in [0, 0.1) is 10.8 Å². The average molecular weight is 181 g/mol. The standard InChI is InChI=1S/C12H23N/c1-11(2)6-8-12(9-7-11)5-3-4-10(12)13/h10H,3-9,13H2,1-2H3. The van der Waals surface area contributed by atoms with Crippen LogP contribution in [0.4, 0.5) is 0 Å². The van der Waals surface area contributed by atoms with Crippen LogP contribution in [0.25, 0.3) is 0 Å². The Labute approximate surface area is 82.1 Å². The zero-order valence-electron chi connectivity index (χ0n) is 9.10. The minimum absolute atomic E-state index is 0.517. The van der Waals surface area contributed by atoms with Crippen LogP contribution in [-0.2, 0) is 0 Å². The fourth-order valence-electron chi connectivity index (χ4n) is 3.21. The quantitative estimate of drug-likeness (QED) is 0.610. The molecule has 2 saturated carbocycles. The van der Waals surface area contributed by atoms with Crippen molar-refractivity contribution in [1.29, 1.82) is 0 Å². The van der Waals surface area contributed by atoms with Gasteiger partial charge in [-0.25, -0.2) is 0 Å². The predicted molar refractivity (Wildman–Crippen MR) is 56.5 cm³/mol. The van der Waals surface area contributed by atoms with Gasteiger partial charge >= 0.3 is 0 Å². The highest BCUT2D eigenvalue weighted by Crippen LogP contribution is 2.52. The van der Waals surface area contributed by atoms with Crippen molar-refractivity contribution in [3.8, 4) is 0 Å². The van der Waals surface area contributed by atoms with Crippen LogP contribution < -0.4 is 5.73 Å². The summed E-state index contributed by atoms with van der Waals surface area (Å²) in [4.78, 5) is 0. The summed E-state index contributed by atoms with van der Waals surface area (Å²) < 4.78 is 0. The van der Waals surface area contributed by atoms with Gasteiger partial charge in [0.25, 0.3) is 0 Å². The highest BCUT2D eigenvalue weighted by atomic mass is 14.7. The number of hydrogen-bond donors (Lipinski definition) is 1. The molecule has 1 atom stereocenters. The van der Waals surface area contributed by atoms with Crippen LogP contribution in [-0.4, -0.2) is 6.04 Å². The van der Waals surface area contributed by atoms with Crippen molar-refractivity contribution in [3.63, 3.8) is 0 Å². The summed E-state index contributed by atoms with van der Waals surface area (Å²) in [6.45, 7) is 4.81. The first kappa shape index (κ1) is 9.51. The normalized spacial score (nSPS) is 36.7. The van der Waals surface area contributed by atoms with Crippen molar-refractivity contribution in [2.24, 2.45) is 16.6 Å². The summed E-state index contributed by atoms with van der Waals surface area (Å²) in [5.74, 6) is 0. The fourth-order valence-corrected chi connectivity index (χ4v) is 3.21. The molecule has 13 heavy (non-hydrogen) atoms. The molecule has 0 aromatic heterocycles. The smallest absolute Gasteiger partial charge is 0.00955 e. The van der Waals surface area contributed by atoms with Crippen LogP contribution in [0.2, 0.25) is 0 Å². The molecule has 1 unspecified atom stereocenters. The van der Waals surface area contributed by atoms with Gasteiger partial charge in [-0.3, -0.25) is 0 Å². The average Bonchev–Trinajstić information content (AvgIpc) is 2.41. The number of rotatable bonds is 0. The Morgan fingerprint density at radius 2 is 1.62 bits per heavy atom. The Bertz CT molecular complexity index is 185. The molecule has 0 saturated heterocycles. The second-order valence-corrected chi connectivity index (χ2v) is 6.03. The molecule has 76 valence electrons. The van der Waals surface area contributed by atoms with E-state index in [1.165, 1.54) is 44.9 Å². The van der Waals surface area contributed by atoms with Crippen LogP contribution in [0.3, 0.4) is 0 Å². The van der Waals surface area contributed by atoms with E-state index in [0.717, 1.165) is 0 Å². The lowest BCUT2D eigenvalue weighted by atomic mass is 9.63. The van der Waals surface area contributed by atoms with Gasteiger partial charge in [-0.15, -0.1) is 0 Å². The molecule has 0 radical (unpaired) electrons. The van der Waals surface area contributed by atoms with Crippen LogP contribution in [0.1, 0.15) is 58.8 Å². The summed E-state index contributed by atoms with van der Waals surface area (Å²) in [6.07, 6.45) is 9.62. The predicted octanol–water partition coefficient (Wildman–Crippen LogP) is 3.08. The Kier molecular flexibility index (Phi) is 2.18. The second-order valence-electron chi connectivity index (χ2n) is 6.03. The van der Waals surface area contributed by atoms with E-state index >= 15 is 0 Å². The van der Waals surface area contributed by atoms with E-state index in [1.54, 1.807) is 0 Å². The molecular weight excluding hydrogens is 158 g/mol. The molecule has 0 aliphatic heterocycles. The van der Waals surface area contributed by atoms with Gasteiger partial charge < -0.3 is 5.73 Å². The maximum absolute atomic E-state index is 6.23. The molecule has 2 N–H and O–H groups in total. The van der Waals surface area contributed by atoms with Crippen molar-refractivity contribution in [3.05, 3.63) is 0 Å². The largest absolute Gasteiger partial charge is 0.327 e. The fraction of sp³-hybridized carbons (Fsp3) is 1.00. The number of hydrogen-bond acceptors (Lipinski definition) is 1. The van der Waals surface area contributed by atoms with Gasteiger partial charge in [0.05, 0.1) is 0 Å². The Hall–Kier alpha value is -0.0400. The third kappa shape index (κ3) is 1.63. The highest BCUT2D eigenvalue weighted by Gasteiger charge is 2.44. The number of nitrogens with two attached hydrogens (primary N) is 1. The topological polar surface area (TPSA) is 26.0 Å². The molecule has 0 bridgehead atoms. The van der Waals surface area contributed by atoms with Crippen LogP contribution in [0.5, 0.6) is 0 Å². The first-order chi connectivity index (χ1) is 6.04. The SMILES string of the molecule is CC1(C)CCC2(CCCC2N)CC1. The van der Waals surface area contributed by atoms with Crippen molar-refractivity contribution in [1.82, 2.24) is 0 Å². The molecule has 2 aliphatic carbocycles. The molecule has 1 spiro atoms. The molecule has 0 amide bonds. The van der Waals surface area contributed by atoms with Crippen LogP contribution >= 0.6 is 0 Å². The van der Waals surface area contributed by atoms with E-state index in [0.29, 0.717) is 16.9 Å². The molecule has 1 nitrogen and oxygen atoms in total. The van der Waals surface area contributed by atoms with Gasteiger partial charge in [-0.2, -0.15) is 0 Å². The minimum Gasteiger partial charge on any atom is -0.327 e. The van der Waals surface area contributed by atoms with Crippen molar-refractivity contribution in [2.75, 3.05) is 0 Å². The molecular formula is C12H23N. The molecule has 0 aromatic carbocycles. The molecule has 2 aliphatic rings. The first-order valence-electron chi connectivity index (χ1n) is 5.80. The lowest BCUT2D eigenvalue weighted by Gasteiger charge is -2.44. The zero-order chi connectivity index (χ0) is 9.53. The summed E-state index contributed by atoms with van der Waals surface area (Å²) in [5.41, 5.74) is 7.39. The third-order valence-corrected chi connectivity index (χ3v) is 4.58. The van der Waals surface area contributed by atoms with Gasteiger partial charge in [0, 0.05) is 6.04 Å². The third-order valence-electron chi connectivity index (χ3n) is 4.58. The van der Waals surface area contributed by atoms with Crippen molar-refractivity contribution in [2.45, 2.75) is 64.8 Å². The van der Waals surface area contributed by atoms with Crippen molar-refractivity contribution >= 4 is 0 Å². The van der Waals surface area contributed by atoms with E-state index in [9.17, 15) is 0 Å². The second kappa shape index (κ2) is 2.98. The van der Waals surface area contributed by atoms with Gasteiger partial charge in [0.15, 0.2) is 0 Å². The van der Waals surface area contributed by atoms with Crippen molar-refractivity contribution < 1.29 is 0 Å². The van der Waals surface area contributed by atoms with Gasteiger partial charge in [0.1, 0.15) is 0 Å². The maximum atomic E-state index is 6.23. The van der Waals surface area contributed by atoms with E-state index in [2.05, 4.69) is 13.8 Å². The van der Waals surface area contributed by atoms with E-state index in [-0.39, 0.29) is 0 Å². The summed E-state index contributed by atoms with van der Waals surface area (Å²) >= 11 is 0. The maximum Gasteiger partial charge on any atom is 0.00955 e. The lowest BCUT2D eigenvalue weighted by Crippen LogP contribution is -2.41. The summed E-state index contributed by atoms with van der Waals surface area (Å²) in [7, 11) is 0. The van der Waals surface area contributed by atoms with E-state index in [1.807, 2.05) is 0 Å². The molecule has 0 heterocycles. The van der Waals surface area contributed by atoms with Crippen LogP contribution in [0.15, 0.2) is 0 Å². The zero-order valence-corrected chi connectivity index (χ0v) is 9.10. The molecule has 0 aromatic rings. The minimum atomic E-state index is 0.517. The lowest BCUT2D eigenvalue weighted by molar-refractivity contribution is 0.0926. The molecule has 1 heteroatoms. The monoisotopic (exact) mass is 181 g/mol. The van der Waals surface area contributed by atoms with E-state index in [4.69, 9.17) is 5.73 Å². The highest BCUT2D eigenvalue weighted by molar-refractivity contribution is 4.98. The Balaban J connectivity index is 2.04.